The Balaban J connectivity index is 1.55. The lowest BCUT2D eigenvalue weighted by atomic mass is 9.89. The van der Waals surface area contributed by atoms with E-state index in [0.29, 0.717) is 10.0 Å². The summed E-state index contributed by atoms with van der Waals surface area (Å²) in [6, 6.07) is 1.76. The summed E-state index contributed by atoms with van der Waals surface area (Å²) in [4.78, 5) is 0. The van der Waals surface area contributed by atoms with Gasteiger partial charge in [-0.1, -0.05) is 29.6 Å². The molecule has 1 aliphatic heterocycles. The molecule has 1 N–H and O–H groups in total. The van der Waals surface area contributed by atoms with Crippen LogP contribution in [0.4, 0.5) is 17.1 Å². The molecule has 3 nitrogen and oxygen atoms in total. The summed E-state index contributed by atoms with van der Waals surface area (Å²) < 4.78 is 8.57. The first kappa shape index (κ1) is 13.1. The molecule has 0 saturated heterocycles. The van der Waals surface area contributed by atoms with E-state index >= 15 is 0 Å². The van der Waals surface area contributed by atoms with E-state index in [9.17, 15) is 0 Å². The van der Waals surface area contributed by atoms with E-state index in [2.05, 4.69) is 14.0 Å². The lowest BCUT2D eigenvalue weighted by molar-refractivity contribution is 0.348. The van der Waals surface area contributed by atoms with Crippen LogP contribution in [0.2, 0.25) is 10.0 Å². The van der Waals surface area contributed by atoms with Crippen LogP contribution >= 0.6 is 23.2 Å². The minimum Gasteiger partial charge on any atom is -0.382 e. The zero-order valence-corrected chi connectivity index (χ0v) is 13.2. The molecule has 2 fully saturated rings. The number of hydrogen-bond donors (Lipinski definition) is 1. The molecule has 2 aliphatic carbocycles. The highest BCUT2D eigenvalue weighted by atomic mass is 35.5. The molecule has 0 radical (unpaired) electrons. The van der Waals surface area contributed by atoms with Crippen LogP contribution in [0.5, 0.6) is 0 Å². The van der Waals surface area contributed by atoms with E-state index < -0.39 is 0 Å². The van der Waals surface area contributed by atoms with Gasteiger partial charge in [-0.3, -0.25) is 0 Å². The molecule has 3 unspecified atom stereocenters. The normalized spacial score (nSPS) is 29.6. The molecule has 20 heavy (non-hydrogen) atoms. The number of nitrogens with one attached hydrogen (secondary N) is 1. The Morgan fingerprint density at radius 1 is 1.15 bits per heavy atom. The molecule has 3 atom stereocenters. The number of nitrogens with zero attached hydrogens (tertiary/aromatic N) is 2. The first-order valence-corrected chi connectivity index (χ1v) is 8.55. The molecule has 2 saturated carbocycles. The van der Waals surface area contributed by atoms with Crippen molar-refractivity contribution in [2.75, 3.05) is 11.9 Å². The molecule has 3 aliphatic rings. The first-order chi connectivity index (χ1) is 9.72. The fourth-order valence-corrected chi connectivity index (χ4v) is 5.08. The molecule has 106 valence electrons. The second kappa shape index (κ2) is 5.00. The van der Waals surface area contributed by atoms with Crippen molar-refractivity contribution in [3.63, 3.8) is 0 Å². The third-order valence-electron chi connectivity index (χ3n) is 4.87. The molecule has 1 aromatic rings. The minimum absolute atomic E-state index is 0.573. The van der Waals surface area contributed by atoms with Gasteiger partial charge in [0.25, 0.3) is 0 Å². The standard InChI is InChI=1S/C14H15Cl2N3S/c15-10-5-11(16)13-14(19-20-18-13)12(10)17-6-9-4-7-1-2-8(9)3-7/h5,7-9,17H,1-4,6H2. The van der Waals surface area contributed by atoms with Gasteiger partial charge in [0, 0.05) is 6.54 Å². The summed E-state index contributed by atoms with van der Waals surface area (Å²) in [7, 11) is 0. The molecule has 1 heterocycles. The summed E-state index contributed by atoms with van der Waals surface area (Å²) in [6.45, 7) is 0.981. The Morgan fingerprint density at radius 2 is 2.00 bits per heavy atom. The quantitative estimate of drug-likeness (QED) is 0.786. The second-order valence-electron chi connectivity index (χ2n) is 5.99. The maximum Gasteiger partial charge on any atom is 0.130 e. The Morgan fingerprint density at radius 3 is 2.75 bits per heavy atom. The third kappa shape index (κ3) is 2.09. The third-order valence-corrected chi connectivity index (χ3v) is 5.98. The highest BCUT2D eigenvalue weighted by Crippen LogP contribution is 2.50. The van der Waals surface area contributed by atoms with Crippen molar-refractivity contribution in [2.24, 2.45) is 26.5 Å². The largest absolute Gasteiger partial charge is 0.382 e. The van der Waals surface area contributed by atoms with Crippen molar-refractivity contribution < 1.29 is 0 Å². The van der Waals surface area contributed by atoms with E-state index in [0.717, 1.165) is 41.4 Å². The van der Waals surface area contributed by atoms with E-state index in [1.165, 1.54) is 37.0 Å². The highest BCUT2D eigenvalue weighted by molar-refractivity contribution is 7.58. The lowest BCUT2D eigenvalue weighted by Crippen LogP contribution is -2.20. The average molecular weight is 328 g/mol. The fourth-order valence-electron chi connectivity index (χ4n) is 3.90. The molecule has 6 heteroatoms. The number of benzene rings is 1. The molecule has 4 rings (SSSR count). The maximum atomic E-state index is 6.32. The molecule has 0 amide bonds. The first-order valence-electron chi connectivity index (χ1n) is 7.06. The van der Waals surface area contributed by atoms with Crippen LogP contribution in [-0.4, -0.2) is 6.54 Å². The van der Waals surface area contributed by atoms with Crippen molar-refractivity contribution in [1.82, 2.24) is 0 Å². The van der Waals surface area contributed by atoms with Crippen molar-refractivity contribution in [1.29, 1.82) is 0 Å². The maximum absolute atomic E-state index is 6.32. The van der Waals surface area contributed by atoms with Gasteiger partial charge in [-0.15, -0.1) is 0 Å². The second-order valence-corrected chi connectivity index (χ2v) is 7.34. The Bertz CT molecular complexity index is 640. The SMILES string of the molecule is Clc1cc(Cl)c(NCC2CC3CCC2C3)c2c1N=S=N2. The predicted octanol–water partition coefficient (Wildman–Crippen LogP) is 5.57. The number of fused-ring (bicyclic) bond motifs is 3. The fraction of sp³-hybridized carbons (Fsp3) is 0.571. The molecule has 1 aromatic carbocycles. The van der Waals surface area contributed by atoms with Crippen molar-refractivity contribution in [3.05, 3.63) is 16.1 Å². The van der Waals surface area contributed by atoms with Gasteiger partial charge in [0.2, 0.25) is 0 Å². The van der Waals surface area contributed by atoms with Crippen molar-refractivity contribution >= 4 is 51.6 Å². The van der Waals surface area contributed by atoms with Crippen molar-refractivity contribution in [3.8, 4) is 0 Å². The van der Waals surface area contributed by atoms with Crippen LogP contribution in [-0.2, 0) is 11.4 Å². The van der Waals surface area contributed by atoms with Crippen molar-refractivity contribution in [2.45, 2.75) is 25.7 Å². The number of halogens is 2. The van der Waals surface area contributed by atoms with E-state index in [1.54, 1.807) is 6.07 Å². The predicted molar refractivity (Wildman–Crippen MR) is 85.4 cm³/mol. The molecule has 0 aromatic heterocycles. The van der Waals surface area contributed by atoms with Gasteiger partial charge in [0.1, 0.15) is 11.4 Å². The zero-order valence-electron chi connectivity index (χ0n) is 10.9. The highest BCUT2D eigenvalue weighted by Gasteiger charge is 2.39. The van der Waals surface area contributed by atoms with Crippen LogP contribution in [0.1, 0.15) is 25.7 Å². The summed E-state index contributed by atoms with van der Waals surface area (Å²) in [5.41, 5.74) is 2.44. The summed E-state index contributed by atoms with van der Waals surface area (Å²) >= 11 is 13.6. The van der Waals surface area contributed by atoms with Gasteiger partial charge in [-0.2, -0.15) is 8.73 Å². The topological polar surface area (TPSA) is 36.8 Å². The van der Waals surface area contributed by atoms with Gasteiger partial charge >= 0.3 is 0 Å². The van der Waals surface area contributed by atoms with E-state index in [-0.39, 0.29) is 0 Å². The van der Waals surface area contributed by atoms with Gasteiger partial charge in [-0.25, -0.2) is 0 Å². The van der Waals surface area contributed by atoms with Crippen LogP contribution in [0.25, 0.3) is 0 Å². The van der Waals surface area contributed by atoms with E-state index in [1.807, 2.05) is 0 Å². The minimum atomic E-state index is 0.573. The van der Waals surface area contributed by atoms with Crippen LogP contribution < -0.4 is 5.32 Å². The Kier molecular flexibility index (Phi) is 3.28. The molecule has 0 spiro atoms. The van der Waals surface area contributed by atoms with Gasteiger partial charge in [0.05, 0.1) is 27.1 Å². The summed E-state index contributed by atoms with van der Waals surface area (Å²) in [5, 5.41) is 4.72. The van der Waals surface area contributed by atoms with Crippen LogP contribution in [0.3, 0.4) is 0 Å². The number of hydrogen-bond acceptors (Lipinski definition) is 3. The molecule has 2 bridgehead atoms. The molecular weight excluding hydrogens is 313 g/mol. The molecular formula is C14H15Cl2N3S. The number of rotatable bonds is 3. The Hall–Kier alpha value is -0.580. The monoisotopic (exact) mass is 327 g/mol. The van der Waals surface area contributed by atoms with Gasteiger partial charge < -0.3 is 5.32 Å². The summed E-state index contributed by atoms with van der Waals surface area (Å²) in [6.07, 6.45) is 5.62. The average Bonchev–Trinajstić information content (AvgIpc) is 3.14. The summed E-state index contributed by atoms with van der Waals surface area (Å²) in [5.74, 6) is 2.65. The van der Waals surface area contributed by atoms with Crippen LogP contribution in [0, 0.1) is 17.8 Å². The Labute approximate surface area is 131 Å². The lowest BCUT2D eigenvalue weighted by Gasteiger charge is -2.23. The van der Waals surface area contributed by atoms with Crippen LogP contribution in [0.15, 0.2) is 14.8 Å². The smallest absolute Gasteiger partial charge is 0.130 e. The van der Waals surface area contributed by atoms with E-state index in [4.69, 9.17) is 23.2 Å². The zero-order chi connectivity index (χ0) is 13.7. The van der Waals surface area contributed by atoms with Gasteiger partial charge in [-0.05, 0) is 43.1 Å². The number of anilines is 1. The van der Waals surface area contributed by atoms with Gasteiger partial charge in [0.15, 0.2) is 0 Å².